The van der Waals surface area contributed by atoms with Crippen LogP contribution in [-0.2, 0) is 5.33 Å². The predicted molar refractivity (Wildman–Crippen MR) is 85.7 cm³/mol. The number of hydrogen-bond acceptors (Lipinski definition) is 2. The van der Waals surface area contributed by atoms with Crippen LogP contribution in [0.25, 0.3) is 0 Å². The van der Waals surface area contributed by atoms with Gasteiger partial charge in [0.1, 0.15) is 0 Å². The average Bonchev–Trinajstić information content (AvgIpc) is 2.39. The van der Waals surface area contributed by atoms with Crippen molar-refractivity contribution in [3.8, 4) is 0 Å². The summed E-state index contributed by atoms with van der Waals surface area (Å²) in [5.41, 5.74) is 2.74. The van der Waals surface area contributed by atoms with Crippen molar-refractivity contribution < 1.29 is 0 Å². The van der Waals surface area contributed by atoms with Crippen molar-refractivity contribution in [3.05, 3.63) is 28.2 Å². The Bertz CT molecular complexity index is 409. The molecule has 4 heteroatoms. The van der Waals surface area contributed by atoms with E-state index in [2.05, 4.69) is 73.8 Å². The monoisotopic (exact) mass is 374 g/mol. The van der Waals surface area contributed by atoms with Gasteiger partial charge in [-0.25, -0.2) is 0 Å². The van der Waals surface area contributed by atoms with Crippen molar-refractivity contribution in [1.82, 2.24) is 4.90 Å². The highest BCUT2D eigenvalue weighted by Crippen LogP contribution is 2.29. The lowest BCUT2D eigenvalue weighted by Gasteiger charge is -2.41. The van der Waals surface area contributed by atoms with Gasteiger partial charge in [0.15, 0.2) is 0 Å². The van der Waals surface area contributed by atoms with Crippen LogP contribution in [0.2, 0.25) is 0 Å². The van der Waals surface area contributed by atoms with Crippen LogP contribution in [0.15, 0.2) is 22.7 Å². The van der Waals surface area contributed by atoms with E-state index in [9.17, 15) is 0 Å². The summed E-state index contributed by atoms with van der Waals surface area (Å²) < 4.78 is 1.16. The number of benzene rings is 1. The number of halogens is 2. The molecule has 1 atom stereocenters. The van der Waals surface area contributed by atoms with E-state index in [1.807, 2.05) is 0 Å². The Labute approximate surface area is 127 Å². The Morgan fingerprint density at radius 1 is 1.33 bits per heavy atom. The minimum absolute atomic E-state index is 0.668. The van der Waals surface area contributed by atoms with Gasteiger partial charge in [-0.2, -0.15) is 0 Å². The third-order valence-corrected chi connectivity index (χ3v) is 4.88. The van der Waals surface area contributed by atoms with E-state index in [0.29, 0.717) is 6.04 Å². The highest BCUT2D eigenvalue weighted by Gasteiger charge is 2.24. The van der Waals surface area contributed by atoms with Gasteiger partial charge in [-0.05, 0) is 31.2 Å². The molecule has 1 saturated heterocycles. The van der Waals surface area contributed by atoms with E-state index in [1.54, 1.807) is 0 Å². The highest BCUT2D eigenvalue weighted by atomic mass is 79.9. The number of alkyl halides is 1. The first kappa shape index (κ1) is 14.4. The topological polar surface area (TPSA) is 6.48 Å². The van der Waals surface area contributed by atoms with Crippen LogP contribution in [0.1, 0.15) is 18.9 Å². The number of rotatable bonds is 3. The lowest BCUT2D eigenvalue weighted by molar-refractivity contribution is 0.213. The van der Waals surface area contributed by atoms with Crippen molar-refractivity contribution >= 4 is 37.5 Å². The highest BCUT2D eigenvalue weighted by molar-refractivity contribution is 9.10. The fraction of sp³-hybridized carbons (Fsp3) is 0.571. The van der Waals surface area contributed by atoms with Gasteiger partial charge >= 0.3 is 0 Å². The van der Waals surface area contributed by atoms with Gasteiger partial charge in [-0.3, -0.25) is 4.90 Å². The SMILES string of the molecule is CCC1CN(c2cc(Br)ccc2CBr)CCN1C. The van der Waals surface area contributed by atoms with Gasteiger partial charge in [0, 0.05) is 41.2 Å². The van der Waals surface area contributed by atoms with Gasteiger partial charge in [-0.15, -0.1) is 0 Å². The Morgan fingerprint density at radius 3 is 2.78 bits per heavy atom. The van der Waals surface area contributed by atoms with Crippen LogP contribution in [0.3, 0.4) is 0 Å². The Hall–Kier alpha value is -0.0600. The Kier molecular flexibility index (Phi) is 5.10. The second-order valence-corrected chi connectivity index (χ2v) is 6.37. The molecule has 0 aromatic heterocycles. The van der Waals surface area contributed by atoms with Crippen molar-refractivity contribution in [1.29, 1.82) is 0 Å². The summed E-state index contributed by atoms with van der Waals surface area (Å²) in [5, 5.41) is 0.915. The molecule has 1 fully saturated rings. The van der Waals surface area contributed by atoms with E-state index >= 15 is 0 Å². The van der Waals surface area contributed by atoms with Crippen LogP contribution in [-0.4, -0.2) is 37.6 Å². The molecule has 100 valence electrons. The van der Waals surface area contributed by atoms with Gasteiger partial charge < -0.3 is 4.90 Å². The molecule has 1 aromatic carbocycles. The number of nitrogens with zero attached hydrogens (tertiary/aromatic N) is 2. The molecule has 0 saturated carbocycles. The number of anilines is 1. The zero-order valence-corrected chi connectivity index (χ0v) is 14.2. The molecule has 2 rings (SSSR count). The summed E-state index contributed by atoms with van der Waals surface area (Å²) in [7, 11) is 2.23. The molecule has 1 unspecified atom stereocenters. The third-order valence-electron chi connectivity index (χ3n) is 3.78. The quantitative estimate of drug-likeness (QED) is 0.739. The Morgan fingerprint density at radius 2 is 2.11 bits per heavy atom. The average molecular weight is 376 g/mol. The lowest BCUT2D eigenvalue weighted by atomic mass is 10.1. The summed E-state index contributed by atoms with van der Waals surface area (Å²) >= 11 is 7.17. The summed E-state index contributed by atoms with van der Waals surface area (Å²) in [4.78, 5) is 5.00. The molecule has 2 nitrogen and oxygen atoms in total. The van der Waals surface area contributed by atoms with Gasteiger partial charge in [0.25, 0.3) is 0 Å². The first-order chi connectivity index (χ1) is 8.65. The molecular weight excluding hydrogens is 356 g/mol. The molecule has 1 aliphatic heterocycles. The first-order valence-corrected chi connectivity index (χ1v) is 8.36. The molecule has 1 heterocycles. The van der Waals surface area contributed by atoms with E-state index in [1.165, 1.54) is 17.7 Å². The van der Waals surface area contributed by atoms with Gasteiger partial charge in [0.05, 0.1) is 0 Å². The minimum atomic E-state index is 0.668. The van der Waals surface area contributed by atoms with Crippen LogP contribution >= 0.6 is 31.9 Å². The lowest BCUT2D eigenvalue weighted by Crippen LogP contribution is -2.51. The van der Waals surface area contributed by atoms with Crippen molar-refractivity contribution in [2.75, 3.05) is 31.6 Å². The maximum absolute atomic E-state index is 3.59. The molecule has 1 aliphatic rings. The molecular formula is C14H20Br2N2. The molecule has 0 bridgehead atoms. The summed E-state index contributed by atoms with van der Waals surface area (Å²) in [6.45, 7) is 5.66. The Balaban J connectivity index is 2.23. The molecule has 0 aliphatic carbocycles. The second-order valence-electron chi connectivity index (χ2n) is 4.90. The number of likely N-dealkylation sites (N-methyl/N-ethyl adjacent to an activating group) is 1. The number of piperazine rings is 1. The predicted octanol–water partition coefficient (Wildman–Crippen LogP) is 3.87. The molecule has 0 N–H and O–H groups in total. The fourth-order valence-corrected chi connectivity index (χ4v) is 3.37. The van der Waals surface area contributed by atoms with Crippen LogP contribution in [0, 0.1) is 0 Å². The van der Waals surface area contributed by atoms with E-state index in [0.717, 1.165) is 29.4 Å². The summed E-state index contributed by atoms with van der Waals surface area (Å²) in [6.07, 6.45) is 1.21. The molecule has 0 amide bonds. The van der Waals surface area contributed by atoms with Crippen molar-refractivity contribution in [2.24, 2.45) is 0 Å². The van der Waals surface area contributed by atoms with E-state index < -0.39 is 0 Å². The van der Waals surface area contributed by atoms with Crippen LogP contribution in [0.4, 0.5) is 5.69 Å². The van der Waals surface area contributed by atoms with Gasteiger partial charge in [-0.1, -0.05) is 44.8 Å². The van der Waals surface area contributed by atoms with Gasteiger partial charge in [0.2, 0.25) is 0 Å². The van der Waals surface area contributed by atoms with Crippen molar-refractivity contribution in [2.45, 2.75) is 24.7 Å². The molecule has 1 aromatic rings. The zero-order valence-electron chi connectivity index (χ0n) is 11.0. The minimum Gasteiger partial charge on any atom is -0.368 e. The van der Waals surface area contributed by atoms with Crippen LogP contribution < -0.4 is 4.90 Å². The third kappa shape index (κ3) is 3.09. The smallest absolute Gasteiger partial charge is 0.0419 e. The first-order valence-electron chi connectivity index (χ1n) is 6.45. The maximum atomic E-state index is 3.59. The molecule has 0 spiro atoms. The normalized spacial score (nSPS) is 21.3. The summed E-state index contributed by atoms with van der Waals surface area (Å²) in [5.74, 6) is 0. The number of hydrogen-bond donors (Lipinski definition) is 0. The van der Waals surface area contributed by atoms with E-state index in [4.69, 9.17) is 0 Å². The largest absolute Gasteiger partial charge is 0.368 e. The zero-order chi connectivity index (χ0) is 13.1. The molecule has 18 heavy (non-hydrogen) atoms. The van der Waals surface area contributed by atoms with Crippen LogP contribution in [0.5, 0.6) is 0 Å². The molecule has 0 radical (unpaired) electrons. The van der Waals surface area contributed by atoms with E-state index in [-0.39, 0.29) is 0 Å². The summed E-state index contributed by atoms with van der Waals surface area (Å²) in [6, 6.07) is 7.23. The fourth-order valence-electron chi connectivity index (χ4n) is 2.55. The second kappa shape index (κ2) is 6.40. The van der Waals surface area contributed by atoms with Crippen molar-refractivity contribution in [3.63, 3.8) is 0 Å². The maximum Gasteiger partial charge on any atom is 0.0419 e. The standard InChI is InChI=1S/C14H20Br2N2/c1-3-13-10-18(7-6-17(13)2)14-8-12(16)5-4-11(14)9-15/h4-5,8,13H,3,6-7,9-10H2,1-2H3.